The van der Waals surface area contributed by atoms with Crippen molar-refractivity contribution in [2.45, 2.75) is 53.6 Å². The summed E-state index contributed by atoms with van der Waals surface area (Å²) in [5.41, 5.74) is 6.34. The molecule has 164 valence electrons. The zero-order valence-electron chi connectivity index (χ0n) is 18.7. The molecule has 3 aromatic carbocycles. The molecule has 0 aliphatic heterocycles. The van der Waals surface area contributed by atoms with Gasteiger partial charge < -0.3 is 20.1 Å². The molecule has 0 fully saturated rings. The molecule has 1 unspecified atom stereocenters. The number of hydrogen-bond donors (Lipinski definition) is 3. The van der Waals surface area contributed by atoms with Crippen molar-refractivity contribution < 1.29 is 20.1 Å². The molecule has 0 saturated heterocycles. The first-order valence-electron chi connectivity index (χ1n) is 10.6. The van der Waals surface area contributed by atoms with Gasteiger partial charge in [-0.05, 0) is 69.5 Å². The number of aliphatic hydroxyl groups excluding tert-OH is 3. The first kappa shape index (κ1) is 23.0. The SMILES string of the molecule is Cc1cc(C(O)C(C)(C)C)ccc1-c1cccc(OCc2ccc(CO)c(CO)c2)c1. The van der Waals surface area contributed by atoms with E-state index in [-0.39, 0.29) is 18.6 Å². The number of hydrogen-bond acceptors (Lipinski definition) is 4. The van der Waals surface area contributed by atoms with E-state index in [0.29, 0.717) is 12.2 Å². The van der Waals surface area contributed by atoms with E-state index < -0.39 is 6.10 Å². The van der Waals surface area contributed by atoms with Gasteiger partial charge in [-0.15, -0.1) is 0 Å². The highest BCUT2D eigenvalue weighted by Crippen LogP contribution is 2.35. The summed E-state index contributed by atoms with van der Waals surface area (Å²) in [5.74, 6) is 0.757. The molecule has 0 spiro atoms. The first-order chi connectivity index (χ1) is 14.7. The molecule has 3 N–H and O–H groups in total. The van der Waals surface area contributed by atoms with E-state index in [1.807, 2.05) is 63.2 Å². The summed E-state index contributed by atoms with van der Waals surface area (Å²) in [4.78, 5) is 0. The van der Waals surface area contributed by atoms with Gasteiger partial charge in [0.15, 0.2) is 0 Å². The largest absolute Gasteiger partial charge is 0.489 e. The average Bonchev–Trinajstić information content (AvgIpc) is 2.76. The quantitative estimate of drug-likeness (QED) is 0.485. The van der Waals surface area contributed by atoms with Crippen molar-refractivity contribution in [3.63, 3.8) is 0 Å². The molecule has 0 aliphatic carbocycles. The minimum atomic E-state index is -0.518. The number of rotatable bonds is 7. The van der Waals surface area contributed by atoms with Crippen LogP contribution >= 0.6 is 0 Å². The zero-order chi connectivity index (χ0) is 22.6. The van der Waals surface area contributed by atoms with Crippen molar-refractivity contribution in [1.82, 2.24) is 0 Å². The summed E-state index contributed by atoms with van der Waals surface area (Å²) in [6, 6.07) is 19.6. The van der Waals surface area contributed by atoms with Crippen LogP contribution in [0.1, 0.15) is 54.7 Å². The van der Waals surface area contributed by atoms with Gasteiger partial charge in [0.05, 0.1) is 19.3 Å². The fraction of sp³-hybridized carbons (Fsp3) is 0.333. The van der Waals surface area contributed by atoms with E-state index >= 15 is 0 Å². The monoisotopic (exact) mass is 420 g/mol. The summed E-state index contributed by atoms with van der Waals surface area (Å²) >= 11 is 0. The molecule has 0 aromatic heterocycles. The van der Waals surface area contributed by atoms with Crippen LogP contribution in [0.2, 0.25) is 0 Å². The van der Waals surface area contributed by atoms with Gasteiger partial charge in [0.25, 0.3) is 0 Å². The third kappa shape index (κ3) is 5.53. The van der Waals surface area contributed by atoms with Gasteiger partial charge in [0.1, 0.15) is 12.4 Å². The Morgan fingerprint density at radius 3 is 2.26 bits per heavy atom. The smallest absolute Gasteiger partial charge is 0.120 e. The summed E-state index contributed by atoms with van der Waals surface area (Å²) in [7, 11) is 0. The number of aryl methyl sites for hydroxylation is 1. The summed E-state index contributed by atoms with van der Waals surface area (Å²) in [6.07, 6.45) is -0.518. The molecule has 0 heterocycles. The third-order valence-corrected chi connectivity index (χ3v) is 5.55. The van der Waals surface area contributed by atoms with E-state index in [1.54, 1.807) is 0 Å². The molecule has 0 amide bonds. The molecule has 1 atom stereocenters. The van der Waals surface area contributed by atoms with Crippen molar-refractivity contribution in [2.24, 2.45) is 5.41 Å². The first-order valence-corrected chi connectivity index (χ1v) is 10.6. The van der Waals surface area contributed by atoms with Crippen molar-refractivity contribution >= 4 is 0 Å². The van der Waals surface area contributed by atoms with Crippen molar-refractivity contribution in [2.75, 3.05) is 0 Å². The predicted octanol–water partition coefficient (Wildman–Crippen LogP) is 5.31. The molecule has 0 aliphatic rings. The second kappa shape index (κ2) is 9.65. The minimum Gasteiger partial charge on any atom is -0.489 e. The van der Waals surface area contributed by atoms with Gasteiger partial charge >= 0.3 is 0 Å². The highest BCUT2D eigenvalue weighted by Gasteiger charge is 2.24. The fourth-order valence-corrected chi connectivity index (χ4v) is 3.67. The van der Waals surface area contributed by atoms with Crippen LogP contribution in [0.5, 0.6) is 5.75 Å². The zero-order valence-corrected chi connectivity index (χ0v) is 18.7. The molecule has 0 saturated carbocycles. The molecule has 3 aromatic rings. The Hall–Kier alpha value is -2.66. The lowest BCUT2D eigenvalue weighted by Crippen LogP contribution is -2.17. The second-order valence-electron chi connectivity index (χ2n) is 9.08. The van der Waals surface area contributed by atoms with Crippen LogP contribution in [-0.4, -0.2) is 15.3 Å². The summed E-state index contributed by atoms with van der Waals surface area (Å²) < 4.78 is 5.99. The van der Waals surface area contributed by atoms with Gasteiger partial charge in [-0.1, -0.05) is 63.2 Å². The van der Waals surface area contributed by atoms with Gasteiger partial charge in [-0.2, -0.15) is 0 Å². The molecule has 0 bridgehead atoms. The van der Waals surface area contributed by atoms with Crippen molar-refractivity contribution in [1.29, 1.82) is 0 Å². The van der Waals surface area contributed by atoms with Gasteiger partial charge in [0, 0.05) is 0 Å². The number of aliphatic hydroxyl groups is 3. The second-order valence-corrected chi connectivity index (χ2v) is 9.08. The highest BCUT2D eigenvalue weighted by atomic mass is 16.5. The van der Waals surface area contributed by atoms with Crippen molar-refractivity contribution in [3.05, 3.63) is 88.5 Å². The Morgan fingerprint density at radius 2 is 1.61 bits per heavy atom. The maximum absolute atomic E-state index is 10.6. The molecular formula is C27H32O4. The Balaban J connectivity index is 1.78. The number of benzene rings is 3. The topological polar surface area (TPSA) is 69.9 Å². The summed E-state index contributed by atoms with van der Waals surface area (Å²) in [6.45, 7) is 8.31. The molecule has 0 radical (unpaired) electrons. The maximum atomic E-state index is 10.6. The summed E-state index contributed by atoms with van der Waals surface area (Å²) in [5, 5.41) is 29.4. The van der Waals surface area contributed by atoms with Crippen LogP contribution in [0.3, 0.4) is 0 Å². The normalized spacial score (nSPS) is 12.6. The van der Waals surface area contributed by atoms with Crippen LogP contribution in [0.15, 0.2) is 60.7 Å². The lowest BCUT2D eigenvalue weighted by Gasteiger charge is -2.26. The Morgan fingerprint density at radius 1 is 0.871 bits per heavy atom. The van der Waals surface area contributed by atoms with E-state index in [9.17, 15) is 15.3 Å². The van der Waals surface area contributed by atoms with Crippen LogP contribution in [-0.2, 0) is 19.8 Å². The van der Waals surface area contributed by atoms with E-state index in [2.05, 4.69) is 25.1 Å². The molecular weight excluding hydrogens is 388 g/mol. The van der Waals surface area contributed by atoms with Crippen LogP contribution in [0.25, 0.3) is 11.1 Å². The van der Waals surface area contributed by atoms with E-state index in [4.69, 9.17) is 4.74 Å². The molecule has 4 nitrogen and oxygen atoms in total. The lowest BCUT2D eigenvalue weighted by atomic mass is 9.83. The van der Waals surface area contributed by atoms with Crippen LogP contribution < -0.4 is 4.74 Å². The molecule has 4 heteroatoms. The Kier molecular flexibility index (Phi) is 7.16. The lowest BCUT2D eigenvalue weighted by molar-refractivity contribution is 0.0626. The molecule has 3 rings (SSSR count). The van der Waals surface area contributed by atoms with Gasteiger partial charge in [0.2, 0.25) is 0 Å². The van der Waals surface area contributed by atoms with Crippen LogP contribution in [0.4, 0.5) is 0 Å². The highest BCUT2D eigenvalue weighted by molar-refractivity contribution is 5.69. The predicted molar refractivity (Wildman–Crippen MR) is 124 cm³/mol. The van der Waals surface area contributed by atoms with E-state index in [1.165, 1.54) is 0 Å². The number of ether oxygens (including phenoxy) is 1. The Labute approximate surface area is 184 Å². The average molecular weight is 421 g/mol. The van der Waals surface area contributed by atoms with Gasteiger partial charge in [-0.25, -0.2) is 0 Å². The standard InChI is InChI=1S/C27H32O4/c1-18-12-21(26(30)27(2,3)4)10-11-25(18)20-6-5-7-24(14-20)31-17-19-8-9-22(15-28)23(13-19)16-29/h5-14,26,28-30H,15-17H2,1-4H3. The molecule has 31 heavy (non-hydrogen) atoms. The van der Waals surface area contributed by atoms with Crippen LogP contribution in [0, 0.1) is 12.3 Å². The van der Waals surface area contributed by atoms with E-state index in [0.717, 1.165) is 39.1 Å². The third-order valence-electron chi connectivity index (χ3n) is 5.55. The maximum Gasteiger partial charge on any atom is 0.120 e. The minimum absolute atomic E-state index is 0.0933. The Bertz CT molecular complexity index is 1030. The van der Waals surface area contributed by atoms with Crippen molar-refractivity contribution in [3.8, 4) is 16.9 Å². The fourth-order valence-electron chi connectivity index (χ4n) is 3.67. The van der Waals surface area contributed by atoms with Gasteiger partial charge in [-0.3, -0.25) is 0 Å².